The first kappa shape index (κ1) is 12.8. The Kier molecular flexibility index (Phi) is 5.47. The van der Waals surface area contributed by atoms with Gasteiger partial charge in [0.25, 0.3) is 6.43 Å². The predicted octanol–water partition coefficient (Wildman–Crippen LogP) is 2.10. The molecule has 0 aliphatic carbocycles. The highest BCUT2D eigenvalue weighted by Crippen LogP contribution is 2.14. The number of rotatable bonds is 5. The van der Waals surface area contributed by atoms with E-state index >= 15 is 0 Å². The Morgan fingerprint density at radius 1 is 1.40 bits per heavy atom. The molecule has 1 N–H and O–H groups in total. The van der Waals surface area contributed by atoms with E-state index in [1.807, 2.05) is 4.90 Å². The molecule has 2 atom stereocenters. The third-order valence-corrected chi connectivity index (χ3v) is 3.09. The van der Waals surface area contributed by atoms with Crippen molar-refractivity contribution in [3.05, 3.63) is 0 Å². The van der Waals surface area contributed by atoms with Crippen LogP contribution in [-0.2, 0) is 0 Å². The van der Waals surface area contributed by atoms with Gasteiger partial charge in [-0.25, -0.2) is 8.78 Å². The molecule has 90 valence electrons. The molecule has 0 spiro atoms. The zero-order chi connectivity index (χ0) is 11.3. The highest BCUT2D eigenvalue weighted by atomic mass is 19.3. The number of halogens is 2. The molecule has 0 amide bonds. The molecule has 1 heterocycles. The lowest BCUT2D eigenvalue weighted by Gasteiger charge is -2.40. The van der Waals surface area contributed by atoms with Crippen molar-refractivity contribution in [1.29, 1.82) is 0 Å². The largest absolute Gasteiger partial charge is 0.311 e. The van der Waals surface area contributed by atoms with E-state index in [0.29, 0.717) is 6.04 Å². The summed E-state index contributed by atoms with van der Waals surface area (Å²) in [6, 6.07) is 0.684. The predicted molar refractivity (Wildman–Crippen MR) is 58.4 cm³/mol. The van der Waals surface area contributed by atoms with E-state index in [0.717, 1.165) is 32.4 Å². The highest BCUT2D eigenvalue weighted by molar-refractivity contribution is 4.85. The monoisotopic (exact) mass is 220 g/mol. The summed E-state index contributed by atoms with van der Waals surface area (Å²) in [5, 5.41) is 3.44. The van der Waals surface area contributed by atoms with Gasteiger partial charge in [-0.1, -0.05) is 20.3 Å². The van der Waals surface area contributed by atoms with Crippen molar-refractivity contribution in [3.63, 3.8) is 0 Å². The average Bonchev–Trinajstić information content (AvgIpc) is 2.18. The van der Waals surface area contributed by atoms with Gasteiger partial charge in [-0.3, -0.25) is 4.90 Å². The van der Waals surface area contributed by atoms with Crippen LogP contribution in [0.3, 0.4) is 0 Å². The number of alkyl halides is 2. The van der Waals surface area contributed by atoms with Crippen LogP contribution in [0.1, 0.15) is 33.1 Å². The summed E-state index contributed by atoms with van der Waals surface area (Å²) in [5.74, 6) is 0. The summed E-state index contributed by atoms with van der Waals surface area (Å²) < 4.78 is 24.8. The van der Waals surface area contributed by atoms with E-state index < -0.39 is 6.43 Å². The van der Waals surface area contributed by atoms with Crippen molar-refractivity contribution in [1.82, 2.24) is 10.2 Å². The molecule has 0 radical (unpaired) electrons. The van der Waals surface area contributed by atoms with Crippen molar-refractivity contribution < 1.29 is 8.78 Å². The Morgan fingerprint density at radius 2 is 2.13 bits per heavy atom. The molecule has 0 aromatic carbocycles. The minimum absolute atomic E-state index is 0.0690. The molecule has 0 aromatic heterocycles. The van der Waals surface area contributed by atoms with E-state index in [1.165, 1.54) is 0 Å². The zero-order valence-electron chi connectivity index (χ0n) is 9.68. The van der Waals surface area contributed by atoms with Crippen molar-refractivity contribution in [2.45, 2.75) is 51.6 Å². The number of piperazine rings is 1. The highest BCUT2D eigenvalue weighted by Gasteiger charge is 2.27. The van der Waals surface area contributed by atoms with Gasteiger partial charge in [0.1, 0.15) is 0 Å². The summed E-state index contributed by atoms with van der Waals surface area (Å²) in [7, 11) is 0. The Hall–Kier alpha value is -0.220. The lowest BCUT2D eigenvalue weighted by atomic mass is 10.0. The molecular formula is C11H22F2N2. The molecule has 0 bridgehead atoms. The first-order valence-corrected chi connectivity index (χ1v) is 5.92. The molecule has 1 aliphatic rings. The van der Waals surface area contributed by atoms with Crippen LogP contribution in [0.4, 0.5) is 8.78 Å². The lowest BCUT2D eigenvalue weighted by Crippen LogP contribution is -2.57. The summed E-state index contributed by atoms with van der Waals surface area (Å²) in [6.45, 7) is 5.75. The Balaban J connectivity index is 2.45. The molecule has 2 nitrogen and oxygen atoms in total. The maximum Gasteiger partial charge on any atom is 0.251 e. The second kappa shape index (κ2) is 6.38. The third-order valence-electron chi connectivity index (χ3n) is 3.09. The van der Waals surface area contributed by atoms with E-state index in [1.54, 1.807) is 0 Å². The second-order valence-corrected chi connectivity index (χ2v) is 4.30. The molecule has 1 fully saturated rings. The quantitative estimate of drug-likeness (QED) is 0.763. The fourth-order valence-corrected chi connectivity index (χ4v) is 2.27. The Morgan fingerprint density at radius 3 is 2.67 bits per heavy atom. The first-order chi connectivity index (χ1) is 7.17. The van der Waals surface area contributed by atoms with Crippen LogP contribution in [0.15, 0.2) is 0 Å². The summed E-state index contributed by atoms with van der Waals surface area (Å²) in [6.07, 6.45) is 0.922. The zero-order valence-corrected chi connectivity index (χ0v) is 9.68. The minimum atomic E-state index is -2.21. The van der Waals surface area contributed by atoms with Gasteiger partial charge >= 0.3 is 0 Å². The van der Waals surface area contributed by atoms with E-state index in [4.69, 9.17) is 0 Å². The van der Waals surface area contributed by atoms with Crippen molar-refractivity contribution in [2.75, 3.05) is 19.6 Å². The maximum absolute atomic E-state index is 12.4. The number of nitrogens with one attached hydrogen (secondary N) is 1. The standard InChI is InChI=1S/C11H22F2N2/c1-3-5-9-7-15(8-11(12)13)10(4-2)6-14-9/h9-11,14H,3-8H2,1-2H3. The van der Waals surface area contributed by atoms with Crippen molar-refractivity contribution in [2.24, 2.45) is 0 Å². The molecule has 1 aliphatic heterocycles. The van der Waals surface area contributed by atoms with Gasteiger partial charge in [-0.15, -0.1) is 0 Å². The molecule has 1 rings (SSSR count). The molecule has 1 saturated heterocycles. The van der Waals surface area contributed by atoms with E-state index in [9.17, 15) is 8.78 Å². The smallest absolute Gasteiger partial charge is 0.251 e. The van der Waals surface area contributed by atoms with Gasteiger partial charge in [0.05, 0.1) is 6.54 Å². The topological polar surface area (TPSA) is 15.3 Å². The Labute approximate surface area is 91.0 Å². The molecule has 4 heteroatoms. The molecule has 15 heavy (non-hydrogen) atoms. The fraction of sp³-hybridized carbons (Fsp3) is 1.00. The SMILES string of the molecule is CCCC1CN(CC(F)F)C(CC)CN1. The van der Waals surface area contributed by atoms with Gasteiger partial charge in [-0.05, 0) is 12.8 Å². The minimum Gasteiger partial charge on any atom is -0.311 e. The third kappa shape index (κ3) is 4.03. The summed E-state index contributed by atoms with van der Waals surface area (Å²) in [5.41, 5.74) is 0. The van der Waals surface area contributed by atoms with Crippen molar-refractivity contribution >= 4 is 0 Å². The number of hydrogen-bond acceptors (Lipinski definition) is 2. The van der Waals surface area contributed by atoms with E-state index in [-0.39, 0.29) is 12.6 Å². The van der Waals surface area contributed by atoms with Gasteiger partial charge in [0.2, 0.25) is 0 Å². The molecule has 0 saturated carbocycles. The fourth-order valence-electron chi connectivity index (χ4n) is 2.27. The average molecular weight is 220 g/mol. The molecule has 2 unspecified atom stereocenters. The lowest BCUT2D eigenvalue weighted by molar-refractivity contribution is 0.0407. The number of nitrogens with zero attached hydrogens (tertiary/aromatic N) is 1. The van der Waals surface area contributed by atoms with Crippen molar-refractivity contribution in [3.8, 4) is 0 Å². The summed E-state index contributed by atoms with van der Waals surface area (Å²) in [4.78, 5) is 1.95. The van der Waals surface area contributed by atoms with Gasteiger partial charge in [-0.2, -0.15) is 0 Å². The van der Waals surface area contributed by atoms with Crippen LogP contribution in [0.5, 0.6) is 0 Å². The first-order valence-electron chi connectivity index (χ1n) is 5.92. The van der Waals surface area contributed by atoms with Gasteiger partial charge < -0.3 is 5.32 Å². The Bertz CT molecular complexity index is 176. The van der Waals surface area contributed by atoms with Gasteiger partial charge in [0.15, 0.2) is 0 Å². The molecular weight excluding hydrogens is 198 g/mol. The number of hydrogen-bond donors (Lipinski definition) is 1. The normalized spacial score (nSPS) is 28.6. The van der Waals surface area contributed by atoms with Gasteiger partial charge in [0, 0.05) is 25.2 Å². The van der Waals surface area contributed by atoms with Crippen LogP contribution < -0.4 is 5.32 Å². The van der Waals surface area contributed by atoms with Crippen LogP contribution in [0.25, 0.3) is 0 Å². The van der Waals surface area contributed by atoms with Crippen LogP contribution in [-0.4, -0.2) is 43.0 Å². The van der Waals surface area contributed by atoms with Crippen LogP contribution >= 0.6 is 0 Å². The van der Waals surface area contributed by atoms with Crippen LogP contribution in [0, 0.1) is 0 Å². The molecule has 0 aromatic rings. The second-order valence-electron chi connectivity index (χ2n) is 4.30. The summed E-state index contributed by atoms with van der Waals surface area (Å²) >= 11 is 0. The maximum atomic E-state index is 12.4. The van der Waals surface area contributed by atoms with E-state index in [2.05, 4.69) is 19.2 Å². The van der Waals surface area contributed by atoms with Crippen LogP contribution in [0.2, 0.25) is 0 Å².